The molecule has 0 radical (unpaired) electrons. The molecule has 0 saturated carbocycles. The summed E-state index contributed by atoms with van der Waals surface area (Å²) in [4.78, 5) is 0. The third-order valence-electron chi connectivity index (χ3n) is 1.32. The van der Waals surface area contributed by atoms with Gasteiger partial charge in [-0.1, -0.05) is 0 Å². The number of hydrogen-bond donors (Lipinski definition) is 1. The van der Waals surface area contributed by atoms with Crippen LogP contribution in [0, 0.1) is 5.21 Å². The number of nitrogens with zero attached hydrogens (tertiary/aromatic N) is 1. The third kappa shape index (κ3) is 1.59. The van der Waals surface area contributed by atoms with Crippen molar-refractivity contribution in [2.45, 2.75) is 18.6 Å². The summed E-state index contributed by atoms with van der Waals surface area (Å²) in [6.45, 7) is -0.0931. The van der Waals surface area contributed by atoms with Crippen molar-refractivity contribution >= 4 is 0 Å². The Bertz CT molecular complexity index is 126. The molecule has 0 spiro atoms. The fourth-order valence-electron chi connectivity index (χ4n) is 0.786. The topological polar surface area (TPSA) is 38.3 Å². The van der Waals surface area contributed by atoms with Gasteiger partial charge in [0.25, 0.3) is 0 Å². The summed E-state index contributed by atoms with van der Waals surface area (Å²) in [7, 11) is 0. The van der Waals surface area contributed by atoms with Gasteiger partial charge in [0.15, 0.2) is 0 Å². The van der Waals surface area contributed by atoms with Crippen LogP contribution in [0.25, 0.3) is 0 Å². The van der Waals surface area contributed by atoms with Crippen molar-refractivity contribution in [1.29, 1.82) is 0 Å². The smallest absolute Gasteiger partial charge is 0.405 e. The second-order valence-corrected chi connectivity index (χ2v) is 2.11. The van der Waals surface area contributed by atoms with Crippen LogP contribution in [-0.2, 0) is 0 Å². The van der Waals surface area contributed by atoms with Crippen LogP contribution in [0.15, 0.2) is 0 Å². The summed E-state index contributed by atoms with van der Waals surface area (Å²) in [5, 5.41) is 10.4. The second-order valence-electron chi connectivity index (χ2n) is 2.11. The first-order chi connectivity index (χ1) is 4.50. The number of hydroxylamine groups is 1. The molecule has 1 unspecified atom stereocenters. The summed E-state index contributed by atoms with van der Waals surface area (Å²) in [5.74, 6) is 0. The molecular formula is C4H6F3N2O-. The van der Waals surface area contributed by atoms with E-state index in [0.29, 0.717) is 0 Å². The van der Waals surface area contributed by atoms with Crippen LogP contribution in [0.5, 0.6) is 0 Å². The Morgan fingerprint density at radius 2 is 2.10 bits per heavy atom. The molecule has 10 heavy (non-hydrogen) atoms. The molecular weight excluding hydrogens is 149 g/mol. The van der Waals surface area contributed by atoms with Crippen molar-refractivity contribution in [1.82, 2.24) is 10.6 Å². The Hall–Kier alpha value is -0.330. The predicted molar refractivity (Wildman–Crippen MR) is 27.7 cm³/mol. The SMILES string of the molecule is [O-]N1CCC(C(F)(F)F)N1. The number of hydrazine groups is 1. The zero-order valence-corrected chi connectivity index (χ0v) is 4.98. The summed E-state index contributed by atoms with van der Waals surface area (Å²) in [5.41, 5.74) is 1.75. The molecule has 1 rings (SSSR count). The van der Waals surface area contributed by atoms with Crippen molar-refractivity contribution in [3.8, 4) is 0 Å². The van der Waals surface area contributed by atoms with Gasteiger partial charge in [-0.25, -0.2) is 0 Å². The maximum atomic E-state index is 11.7. The number of halogens is 3. The highest BCUT2D eigenvalue weighted by atomic mass is 19.4. The van der Waals surface area contributed by atoms with Gasteiger partial charge in [-0.3, -0.25) is 5.43 Å². The number of rotatable bonds is 0. The molecule has 0 amide bonds. The lowest BCUT2D eigenvalue weighted by Gasteiger charge is -2.23. The first-order valence-corrected chi connectivity index (χ1v) is 2.77. The Morgan fingerprint density at radius 1 is 1.50 bits per heavy atom. The molecule has 3 nitrogen and oxygen atoms in total. The van der Waals surface area contributed by atoms with Crippen LogP contribution in [-0.4, -0.2) is 23.9 Å². The van der Waals surface area contributed by atoms with E-state index < -0.39 is 12.2 Å². The van der Waals surface area contributed by atoms with Gasteiger partial charge in [0.1, 0.15) is 6.04 Å². The molecule has 0 aliphatic carbocycles. The third-order valence-corrected chi connectivity index (χ3v) is 1.32. The normalized spacial score (nSPS) is 29.4. The largest absolute Gasteiger partial charge is 0.772 e. The van der Waals surface area contributed by atoms with Gasteiger partial charge < -0.3 is 10.4 Å². The van der Waals surface area contributed by atoms with Gasteiger partial charge in [0.05, 0.1) is 0 Å². The maximum Gasteiger partial charge on any atom is 0.405 e. The molecule has 1 aliphatic heterocycles. The summed E-state index contributed by atoms with van der Waals surface area (Å²) < 4.78 is 35.1. The Labute approximate surface area is 55.4 Å². The van der Waals surface area contributed by atoms with E-state index >= 15 is 0 Å². The number of hydrogen-bond acceptors (Lipinski definition) is 3. The molecule has 1 N–H and O–H groups in total. The van der Waals surface area contributed by atoms with E-state index in [9.17, 15) is 18.4 Å². The average molecular weight is 155 g/mol. The minimum Gasteiger partial charge on any atom is -0.772 e. The van der Waals surface area contributed by atoms with Gasteiger partial charge in [-0.15, -0.1) is 0 Å². The van der Waals surface area contributed by atoms with Gasteiger partial charge in [-0.05, 0) is 6.42 Å². The first-order valence-electron chi connectivity index (χ1n) is 2.77. The fraction of sp³-hybridized carbons (Fsp3) is 1.00. The van der Waals surface area contributed by atoms with E-state index in [1.807, 2.05) is 0 Å². The monoisotopic (exact) mass is 155 g/mol. The minimum absolute atomic E-state index is 0.0931. The molecule has 60 valence electrons. The van der Waals surface area contributed by atoms with Crippen molar-refractivity contribution in [2.75, 3.05) is 6.54 Å². The maximum absolute atomic E-state index is 11.7. The molecule has 1 aliphatic rings. The molecule has 1 atom stereocenters. The Balaban J connectivity index is 2.45. The van der Waals surface area contributed by atoms with Crippen LogP contribution < -0.4 is 5.43 Å². The van der Waals surface area contributed by atoms with Crippen molar-refractivity contribution < 1.29 is 13.2 Å². The van der Waals surface area contributed by atoms with Crippen LogP contribution in [0.4, 0.5) is 13.2 Å². The van der Waals surface area contributed by atoms with Crippen molar-refractivity contribution in [3.63, 3.8) is 0 Å². The van der Waals surface area contributed by atoms with E-state index in [1.54, 1.807) is 5.43 Å². The van der Waals surface area contributed by atoms with Crippen LogP contribution >= 0.6 is 0 Å². The predicted octanol–water partition coefficient (Wildman–Crippen LogP) is 0.625. The van der Waals surface area contributed by atoms with Gasteiger partial charge in [0, 0.05) is 6.54 Å². The Morgan fingerprint density at radius 3 is 2.30 bits per heavy atom. The highest BCUT2D eigenvalue weighted by Gasteiger charge is 2.41. The molecule has 6 heteroatoms. The molecule has 0 aromatic rings. The Kier molecular flexibility index (Phi) is 1.84. The van der Waals surface area contributed by atoms with E-state index in [1.165, 1.54) is 0 Å². The van der Waals surface area contributed by atoms with E-state index in [-0.39, 0.29) is 18.1 Å². The standard InChI is InChI=1S/C4H6F3N2O/c5-4(6,7)3-1-2-9(10)8-3/h3,8H,1-2H2/q-1. The lowest BCUT2D eigenvalue weighted by atomic mass is 10.2. The number of alkyl halides is 3. The molecule has 0 aromatic heterocycles. The molecule has 0 bridgehead atoms. The fourth-order valence-corrected chi connectivity index (χ4v) is 0.786. The van der Waals surface area contributed by atoms with E-state index in [4.69, 9.17) is 0 Å². The zero-order valence-electron chi connectivity index (χ0n) is 4.98. The van der Waals surface area contributed by atoms with Crippen molar-refractivity contribution in [3.05, 3.63) is 5.21 Å². The lowest BCUT2D eigenvalue weighted by molar-refractivity contribution is -0.155. The van der Waals surface area contributed by atoms with Gasteiger partial charge in [0.2, 0.25) is 0 Å². The van der Waals surface area contributed by atoms with Crippen LogP contribution in [0.1, 0.15) is 6.42 Å². The second kappa shape index (κ2) is 2.37. The van der Waals surface area contributed by atoms with Gasteiger partial charge in [-0.2, -0.15) is 13.2 Å². The molecule has 1 heterocycles. The lowest BCUT2D eigenvalue weighted by Crippen LogP contribution is -2.41. The average Bonchev–Trinajstić information content (AvgIpc) is 2.11. The number of nitrogens with one attached hydrogen (secondary N) is 1. The van der Waals surface area contributed by atoms with Crippen LogP contribution in [0.3, 0.4) is 0 Å². The summed E-state index contributed by atoms with van der Waals surface area (Å²) in [6, 6.07) is -1.65. The molecule has 1 saturated heterocycles. The molecule has 1 fully saturated rings. The van der Waals surface area contributed by atoms with E-state index in [2.05, 4.69) is 0 Å². The summed E-state index contributed by atoms with van der Waals surface area (Å²) in [6.07, 6.45) is -4.45. The van der Waals surface area contributed by atoms with Gasteiger partial charge >= 0.3 is 6.18 Å². The minimum atomic E-state index is -4.29. The molecule has 0 aromatic carbocycles. The highest BCUT2D eigenvalue weighted by Crippen LogP contribution is 2.25. The zero-order chi connectivity index (χ0) is 7.78. The summed E-state index contributed by atoms with van der Waals surface area (Å²) >= 11 is 0. The quantitative estimate of drug-likeness (QED) is 0.557. The van der Waals surface area contributed by atoms with Crippen molar-refractivity contribution in [2.24, 2.45) is 0 Å². The first kappa shape index (κ1) is 7.77. The van der Waals surface area contributed by atoms with Crippen LogP contribution in [0.2, 0.25) is 0 Å². The highest BCUT2D eigenvalue weighted by molar-refractivity contribution is 4.80. The van der Waals surface area contributed by atoms with E-state index in [0.717, 1.165) is 0 Å².